The number of ether oxygens (including phenoxy) is 1. The van der Waals surface area contributed by atoms with Crippen LogP contribution in [0.25, 0.3) is 28.1 Å². The zero-order valence-electron chi connectivity index (χ0n) is 20.0. The fourth-order valence-corrected chi connectivity index (χ4v) is 4.75. The van der Waals surface area contributed by atoms with Gasteiger partial charge < -0.3 is 14.6 Å². The van der Waals surface area contributed by atoms with Gasteiger partial charge in [0.25, 0.3) is 0 Å². The number of nitrogens with one attached hydrogen (secondary N) is 1. The molecule has 1 fully saturated rings. The van der Waals surface area contributed by atoms with Crippen molar-refractivity contribution in [3.05, 3.63) is 95.1 Å². The number of halogens is 1. The molecule has 1 saturated heterocycles. The van der Waals surface area contributed by atoms with Crippen LogP contribution in [-0.2, 0) is 4.74 Å². The molecule has 0 saturated carbocycles. The third-order valence-corrected chi connectivity index (χ3v) is 6.74. The lowest BCUT2D eigenvalue weighted by Gasteiger charge is -2.22. The van der Waals surface area contributed by atoms with Crippen molar-refractivity contribution in [2.24, 2.45) is 4.99 Å². The summed E-state index contributed by atoms with van der Waals surface area (Å²) in [6.45, 7) is 3.46. The smallest absolute Gasteiger partial charge is 0.0900 e. The van der Waals surface area contributed by atoms with Crippen LogP contribution in [0.1, 0.15) is 18.5 Å². The summed E-state index contributed by atoms with van der Waals surface area (Å²) in [5, 5.41) is 5.14. The van der Waals surface area contributed by atoms with Crippen LogP contribution in [0.3, 0.4) is 0 Å². The van der Waals surface area contributed by atoms with E-state index in [9.17, 15) is 0 Å². The number of aryl methyl sites for hydroxylation is 1. The monoisotopic (exact) mass is 495 g/mol. The van der Waals surface area contributed by atoms with Gasteiger partial charge in [-0.25, -0.2) is 4.98 Å². The molecule has 0 atom stereocenters. The third-order valence-electron chi connectivity index (χ3n) is 6.48. The summed E-state index contributed by atoms with van der Waals surface area (Å²) >= 11 is 6.22. The first-order valence-electron chi connectivity index (χ1n) is 12.2. The minimum atomic E-state index is 0.213. The van der Waals surface area contributed by atoms with Crippen LogP contribution in [0, 0.1) is 6.92 Å². The first kappa shape index (κ1) is 22.7. The number of aromatic nitrogens is 3. The number of rotatable bonds is 4. The largest absolute Gasteiger partial charge is 0.381 e. The number of hydrogen-bond donors (Lipinski definition) is 1. The summed E-state index contributed by atoms with van der Waals surface area (Å²) in [5.74, 6) is 0. The predicted molar refractivity (Wildman–Crippen MR) is 144 cm³/mol. The first-order chi connectivity index (χ1) is 17.6. The van der Waals surface area contributed by atoms with E-state index in [-0.39, 0.29) is 6.04 Å². The maximum Gasteiger partial charge on any atom is 0.0900 e. The van der Waals surface area contributed by atoms with E-state index in [0.29, 0.717) is 5.02 Å². The van der Waals surface area contributed by atoms with Crippen molar-refractivity contribution in [1.29, 1.82) is 0 Å². The number of anilines is 2. The van der Waals surface area contributed by atoms with E-state index >= 15 is 0 Å². The van der Waals surface area contributed by atoms with Crippen LogP contribution in [-0.4, -0.2) is 33.8 Å². The Hall–Kier alpha value is -3.74. The number of benzene rings is 3. The van der Waals surface area contributed by atoms with Crippen LogP contribution < -0.4 is 10.7 Å². The van der Waals surface area contributed by atoms with E-state index in [1.54, 1.807) is 0 Å². The highest BCUT2D eigenvalue weighted by atomic mass is 35.5. The highest BCUT2D eigenvalue weighted by Crippen LogP contribution is 2.31. The van der Waals surface area contributed by atoms with Gasteiger partial charge in [0.2, 0.25) is 0 Å². The van der Waals surface area contributed by atoms with Gasteiger partial charge in [-0.05, 0) is 80.4 Å². The Kier molecular flexibility index (Phi) is 6.13. The van der Waals surface area contributed by atoms with Gasteiger partial charge in [-0.15, -0.1) is 0 Å². The van der Waals surface area contributed by atoms with E-state index in [1.807, 2.05) is 67.7 Å². The third kappa shape index (κ3) is 4.57. The topological polar surface area (TPSA) is 64.3 Å². The lowest BCUT2D eigenvalue weighted by atomic mass is 10.1. The molecule has 1 aromatic heterocycles. The average molecular weight is 496 g/mol. The molecule has 3 aliphatic rings. The molecule has 0 unspecified atom stereocenters. The maximum atomic E-state index is 6.22. The van der Waals surface area contributed by atoms with Gasteiger partial charge in [0.05, 0.1) is 51.4 Å². The molecule has 180 valence electrons. The lowest BCUT2D eigenvalue weighted by molar-refractivity contribution is 0.0864. The first-order valence-corrected chi connectivity index (χ1v) is 12.5. The molecule has 0 radical (unpaired) electrons. The Morgan fingerprint density at radius 2 is 1.81 bits per heavy atom. The van der Waals surface area contributed by atoms with Gasteiger partial charge in [-0.3, -0.25) is 9.98 Å². The van der Waals surface area contributed by atoms with Gasteiger partial charge in [0.1, 0.15) is 0 Å². The van der Waals surface area contributed by atoms with Crippen molar-refractivity contribution in [3.63, 3.8) is 0 Å². The van der Waals surface area contributed by atoms with Crippen LogP contribution in [0.4, 0.5) is 11.4 Å². The average Bonchev–Trinajstić information content (AvgIpc) is 2.90. The maximum absolute atomic E-state index is 6.22. The fourth-order valence-electron chi connectivity index (χ4n) is 4.63. The molecule has 2 aromatic carbocycles. The molecule has 1 aliphatic carbocycles. The molecular formula is C29H26ClN5O. The highest BCUT2D eigenvalue weighted by Gasteiger charge is 2.18. The van der Waals surface area contributed by atoms with Gasteiger partial charge in [0, 0.05) is 29.6 Å². The van der Waals surface area contributed by atoms with Crippen molar-refractivity contribution in [3.8, 4) is 17.1 Å². The molecule has 0 bridgehead atoms. The lowest BCUT2D eigenvalue weighted by Crippen LogP contribution is -2.23. The summed E-state index contributed by atoms with van der Waals surface area (Å²) in [6, 6.07) is 24.6. The second-order valence-corrected chi connectivity index (χ2v) is 9.49. The van der Waals surface area contributed by atoms with E-state index in [1.165, 1.54) is 0 Å². The Bertz CT molecular complexity index is 1550. The normalized spacial score (nSPS) is 15.0. The summed E-state index contributed by atoms with van der Waals surface area (Å²) in [7, 11) is 0. The van der Waals surface area contributed by atoms with Gasteiger partial charge in [-0.1, -0.05) is 23.7 Å². The van der Waals surface area contributed by atoms with Crippen molar-refractivity contribution >= 4 is 34.0 Å². The van der Waals surface area contributed by atoms with Crippen LogP contribution in [0.5, 0.6) is 0 Å². The number of pyridine rings is 1. The molecule has 6 nitrogen and oxygen atoms in total. The molecule has 0 amide bonds. The van der Waals surface area contributed by atoms with Crippen LogP contribution in [0.15, 0.2) is 84.0 Å². The number of fused-ring (bicyclic) bond motifs is 2. The van der Waals surface area contributed by atoms with Crippen molar-refractivity contribution < 1.29 is 4.74 Å². The Morgan fingerprint density at radius 1 is 1.00 bits per heavy atom. The van der Waals surface area contributed by atoms with Gasteiger partial charge >= 0.3 is 0 Å². The van der Waals surface area contributed by atoms with Gasteiger partial charge in [0.15, 0.2) is 0 Å². The SMILES string of the molecule is Cc1ccc(Nc2cc3nc4ccccc4n(-c4ccc(Cl)cc4)c-3c/c2=N\C2CCOCC2)cn1. The van der Waals surface area contributed by atoms with Crippen molar-refractivity contribution in [2.45, 2.75) is 25.8 Å². The minimum Gasteiger partial charge on any atom is -0.381 e. The quantitative estimate of drug-likeness (QED) is 0.297. The standard InChI is InChI=1S/C29H26ClN5O/c1-19-6-9-22(18-31-19)33-25-16-27-29(17-26(25)32-21-12-14-36-15-13-21)35(23-10-7-20(30)8-11-23)28-5-3-2-4-24(28)34-27/h2-11,16-18,21,33H,12-15H2,1H3/b32-26+. The van der Waals surface area contributed by atoms with E-state index in [4.69, 9.17) is 26.3 Å². The molecule has 6 rings (SSSR count). The summed E-state index contributed by atoms with van der Waals surface area (Å²) < 4.78 is 7.80. The van der Waals surface area contributed by atoms with E-state index < -0.39 is 0 Å². The molecule has 3 heterocycles. The van der Waals surface area contributed by atoms with Crippen LogP contribution in [0.2, 0.25) is 5.02 Å². The Balaban J connectivity index is 1.61. The Morgan fingerprint density at radius 3 is 2.58 bits per heavy atom. The molecule has 0 spiro atoms. The predicted octanol–water partition coefficient (Wildman–Crippen LogP) is 6.31. The van der Waals surface area contributed by atoms with Crippen molar-refractivity contribution in [1.82, 2.24) is 14.5 Å². The summed E-state index contributed by atoms with van der Waals surface area (Å²) in [6.07, 6.45) is 3.67. The fraction of sp³-hybridized carbons (Fsp3) is 0.207. The highest BCUT2D eigenvalue weighted by molar-refractivity contribution is 6.30. The molecule has 36 heavy (non-hydrogen) atoms. The van der Waals surface area contributed by atoms with Crippen molar-refractivity contribution in [2.75, 3.05) is 18.5 Å². The molecule has 7 heteroatoms. The minimum absolute atomic E-state index is 0.213. The Labute approximate surface area is 214 Å². The number of para-hydroxylation sites is 2. The van der Waals surface area contributed by atoms with E-state index in [0.717, 1.165) is 76.6 Å². The summed E-state index contributed by atoms with van der Waals surface area (Å²) in [5.41, 5.74) is 7.60. The number of hydrogen-bond acceptors (Lipinski definition) is 5. The second-order valence-electron chi connectivity index (χ2n) is 9.06. The van der Waals surface area contributed by atoms with Crippen LogP contribution >= 0.6 is 11.6 Å². The molecular weight excluding hydrogens is 470 g/mol. The second kappa shape index (κ2) is 9.72. The molecule has 1 N–H and O–H groups in total. The number of nitrogens with zero attached hydrogens (tertiary/aromatic N) is 4. The zero-order valence-corrected chi connectivity index (χ0v) is 20.7. The molecule has 3 aromatic rings. The summed E-state index contributed by atoms with van der Waals surface area (Å²) in [4.78, 5) is 14.7. The zero-order chi connectivity index (χ0) is 24.5. The van der Waals surface area contributed by atoms with E-state index in [2.05, 4.69) is 33.1 Å². The molecule has 2 aliphatic heterocycles. The van der Waals surface area contributed by atoms with Gasteiger partial charge in [-0.2, -0.15) is 0 Å².